The number of hydrogen-bond acceptors (Lipinski definition) is 2. The summed E-state index contributed by atoms with van der Waals surface area (Å²) < 4.78 is 0. The maximum Gasteiger partial charge on any atom is 0.139 e. The highest BCUT2D eigenvalue weighted by atomic mass is 16.3. The summed E-state index contributed by atoms with van der Waals surface area (Å²) in [5.74, 6) is 0.940. The molecule has 2 heteroatoms. The van der Waals surface area contributed by atoms with Crippen molar-refractivity contribution in [3.8, 4) is 0 Å². The van der Waals surface area contributed by atoms with Crippen LogP contribution in [0, 0.1) is 17.3 Å². The molecule has 0 aromatic rings. The average Bonchev–Trinajstić information content (AvgIpc) is 2.71. The minimum atomic E-state index is -0.368. The first kappa shape index (κ1) is 17.2. The molecule has 2 aliphatic carbocycles. The van der Waals surface area contributed by atoms with Crippen molar-refractivity contribution >= 4 is 5.78 Å². The average molecular weight is 302 g/mol. The molecule has 0 aromatic heterocycles. The van der Waals surface area contributed by atoms with Crippen LogP contribution in [0.5, 0.6) is 0 Å². The lowest BCUT2D eigenvalue weighted by atomic mass is 9.71. The molecule has 1 saturated carbocycles. The first-order valence-corrected chi connectivity index (χ1v) is 8.44. The van der Waals surface area contributed by atoms with Crippen LogP contribution in [0.2, 0.25) is 0 Å². The summed E-state index contributed by atoms with van der Waals surface area (Å²) in [5.41, 5.74) is 3.14. The molecule has 2 rings (SSSR count). The molecule has 0 saturated heterocycles. The molecule has 0 unspecified atom stereocenters. The number of aliphatic hydroxyl groups excluding tert-OH is 1. The van der Waals surface area contributed by atoms with Crippen LogP contribution in [0.1, 0.15) is 59.8 Å². The standard InChI is InChI=1S/C20H30O2/c1-13(2)16-12-19(22)20(5)11-10-14(3)6-9-18(21)15(4)7-8-17(16)20/h7,10,16-18,21H,1,6,8-9,11-12H2,2-5H3/b14-10-,15-7+/t16-,17+,18+,20-/m1/s1. The lowest BCUT2D eigenvalue weighted by molar-refractivity contribution is -0.126. The zero-order valence-electron chi connectivity index (χ0n) is 14.5. The Bertz CT molecular complexity index is 526. The molecule has 0 aliphatic heterocycles. The van der Waals surface area contributed by atoms with Crippen LogP contribution >= 0.6 is 0 Å². The molecule has 1 fully saturated rings. The van der Waals surface area contributed by atoms with Gasteiger partial charge in [0.15, 0.2) is 0 Å². The number of hydrogen-bond donors (Lipinski definition) is 1. The second-order valence-electron chi connectivity index (χ2n) is 7.60. The third-order valence-electron chi connectivity index (χ3n) is 5.89. The number of ketones is 1. The number of Topliss-reactive ketones (excluding diaryl/α,β-unsaturated/α-hetero) is 1. The van der Waals surface area contributed by atoms with E-state index < -0.39 is 0 Å². The van der Waals surface area contributed by atoms with Crippen LogP contribution in [-0.2, 0) is 4.79 Å². The number of aliphatic hydroxyl groups is 1. The van der Waals surface area contributed by atoms with Gasteiger partial charge in [-0.2, -0.15) is 0 Å². The van der Waals surface area contributed by atoms with E-state index in [0.717, 1.165) is 36.8 Å². The smallest absolute Gasteiger partial charge is 0.139 e. The number of carbonyl (C=O) groups is 1. The summed E-state index contributed by atoms with van der Waals surface area (Å²) >= 11 is 0. The highest BCUT2D eigenvalue weighted by Crippen LogP contribution is 2.51. The minimum Gasteiger partial charge on any atom is -0.389 e. The summed E-state index contributed by atoms with van der Waals surface area (Å²) in [7, 11) is 0. The third kappa shape index (κ3) is 3.27. The number of fused-ring (bicyclic) bond motifs is 1. The highest BCUT2D eigenvalue weighted by molar-refractivity contribution is 5.88. The molecule has 2 aliphatic rings. The van der Waals surface area contributed by atoms with Crippen LogP contribution in [0.4, 0.5) is 0 Å². The van der Waals surface area contributed by atoms with E-state index in [1.165, 1.54) is 5.57 Å². The highest BCUT2D eigenvalue weighted by Gasteiger charge is 2.50. The van der Waals surface area contributed by atoms with E-state index in [1.54, 1.807) is 0 Å². The number of allylic oxidation sites excluding steroid dienone is 4. The van der Waals surface area contributed by atoms with E-state index in [2.05, 4.69) is 32.6 Å². The molecule has 4 atom stereocenters. The Hall–Kier alpha value is -1.15. The van der Waals surface area contributed by atoms with Crippen molar-refractivity contribution in [2.24, 2.45) is 17.3 Å². The van der Waals surface area contributed by atoms with Crippen LogP contribution in [0.3, 0.4) is 0 Å². The molecule has 0 spiro atoms. The van der Waals surface area contributed by atoms with Gasteiger partial charge in [0.05, 0.1) is 6.10 Å². The van der Waals surface area contributed by atoms with Crippen LogP contribution in [0.25, 0.3) is 0 Å². The maximum atomic E-state index is 12.7. The van der Waals surface area contributed by atoms with Crippen molar-refractivity contribution in [3.63, 3.8) is 0 Å². The Balaban J connectivity index is 2.41. The van der Waals surface area contributed by atoms with Gasteiger partial charge < -0.3 is 5.11 Å². The normalized spacial score (nSPS) is 41.7. The van der Waals surface area contributed by atoms with Gasteiger partial charge in [-0.05, 0) is 63.9 Å². The van der Waals surface area contributed by atoms with Gasteiger partial charge in [-0.1, -0.05) is 36.8 Å². The van der Waals surface area contributed by atoms with Gasteiger partial charge in [0, 0.05) is 11.8 Å². The third-order valence-corrected chi connectivity index (χ3v) is 5.89. The first-order chi connectivity index (χ1) is 10.3. The Labute approximate surface area is 135 Å². The largest absolute Gasteiger partial charge is 0.389 e. The van der Waals surface area contributed by atoms with Gasteiger partial charge in [-0.15, -0.1) is 0 Å². The molecular formula is C20H30O2. The first-order valence-electron chi connectivity index (χ1n) is 8.44. The Morgan fingerprint density at radius 3 is 2.68 bits per heavy atom. The van der Waals surface area contributed by atoms with E-state index in [1.807, 2.05) is 13.8 Å². The molecule has 0 radical (unpaired) electrons. The number of rotatable bonds is 1. The fraction of sp³-hybridized carbons (Fsp3) is 0.650. The zero-order valence-corrected chi connectivity index (χ0v) is 14.5. The Morgan fingerprint density at radius 2 is 2.05 bits per heavy atom. The van der Waals surface area contributed by atoms with Crippen LogP contribution < -0.4 is 0 Å². The molecule has 0 bridgehead atoms. The molecule has 122 valence electrons. The fourth-order valence-electron chi connectivity index (χ4n) is 3.96. The van der Waals surface area contributed by atoms with E-state index >= 15 is 0 Å². The van der Waals surface area contributed by atoms with Crippen LogP contribution in [0.15, 0.2) is 35.5 Å². The second-order valence-corrected chi connectivity index (χ2v) is 7.60. The van der Waals surface area contributed by atoms with Crippen molar-refractivity contribution in [3.05, 3.63) is 35.5 Å². The monoisotopic (exact) mass is 302 g/mol. The van der Waals surface area contributed by atoms with Crippen molar-refractivity contribution in [1.29, 1.82) is 0 Å². The van der Waals surface area contributed by atoms with Gasteiger partial charge in [0.2, 0.25) is 0 Å². The van der Waals surface area contributed by atoms with Crippen LogP contribution in [-0.4, -0.2) is 17.0 Å². The van der Waals surface area contributed by atoms with Crippen molar-refractivity contribution in [2.75, 3.05) is 0 Å². The molecule has 1 N–H and O–H groups in total. The van der Waals surface area contributed by atoms with Crippen molar-refractivity contribution in [2.45, 2.75) is 65.9 Å². The Morgan fingerprint density at radius 1 is 1.36 bits per heavy atom. The van der Waals surface area contributed by atoms with Gasteiger partial charge in [0.25, 0.3) is 0 Å². The van der Waals surface area contributed by atoms with E-state index in [4.69, 9.17) is 0 Å². The lowest BCUT2D eigenvalue weighted by Crippen LogP contribution is -2.30. The lowest BCUT2D eigenvalue weighted by Gasteiger charge is -2.32. The van der Waals surface area contributed by atoms with Gasteiger partial charge in [-0.25, -0.2) is 0 Å². The van der Waals surface area contributed by atoms with Gasteiger partial charge >= 0.3 is 0 Å². The molecular weight excluding hydrogens is 272 g/mol. The fourth-order valence-corrected chi connectivity index (χ4v) is 3.96. The predicted molar refractivity (Wildman–Crippen MR) is 91.5 cm³/mol. The van der Waals surface area contributed by atoms with E-state index in [-0.39, 0.29) is 17.4 Å². The van der Waals surface area contributed by atoms with Crippen molar-refractivity contribution in [1.82, 2.24) is 0 Å². The minimum absolute atomic E-state index is 0.271. The SMILES string of the molecule is C=C(C)[C@H]1CC(=O)[C@]2(C)C/C=C(/C)CC[C@H](O)/C(C)=C/C[C@@H]12. The summed E-state index contributed by atoms with van der Waals surface area (Å²) in [5, 5.41) is 10.3. The van der Waals surface area contributed by atoms with Gasteiger partial charge in [0.1, 0.15) is 5.78 Å². The summed E-state index contributed by atoms with van der Waals surface area (Å²) in [6.45, 7) is 12.4. The quantitative estimate of drug-likeness (QED) is 0.719. The molecule has 2 nitrogen and oxygen atoms in total. The zero-order chi connectivity index (χ0) is 16.5. The molecule has 22 heavy (non-hydrogen) atoms. The Kier molecular flexibility index (Phi) is 5.11. The summed E-state index contributed by atoms with van der Waals surface area (Å²) in [4.78, 5) is 12.7. The molecule has 0 amide bonds. The van der Waals surface area contributed by atoms with Gasteiger partial charge in [-0.3, -0.25) is 4.79 Å². The second kappa shape index (κ2) is 6.54. The van der Waals surface area contributed by atoms with E-state index in [0.29, 0.717) is 18.1 Å². The topological polar surface area (TPSA) is 37.3 Å². The molecule has 0 aromatic carbocycles. The maximum absolute atomic E-state index is 12.7. The van der Waals surface area contributed by atoms with E-state index in [9.17, 15) is 9.90 Å². The summed E-state index contributed by atoms with van der Waals surface area (Å²) in [6, 6.07) is 0. The number of carbonyl (C=O) groups excluding carboxylic acids is 1. The molecule has 0 heterocycles. The van der Waals surface area contributed by atoms with Crippen molar-refractivity contribution < 1.29 is 9.90 Å². The summed E-state index contributed by atoms with van der Waals surface area (Å²) in [6.07, 6.45) is 7.97. The predicted octanol–water partition coefficient (Wildman–Crippen LogP) is 4.60.